The van der Waals surface area contributed by atoms with E-state index in [0.29, 0.717) is 22.8 Å². The van der Waals surface area contributed by atoms with E-state index in [0.717, 1.165) is 0 Å². The van der Waals surface area contributed by atoms with E-state index < -0.39 is 5.60 Å². The molecule has 0 atom stereocenters. The maximum absolute atomic E-state index is 11.5. The number of anilines is 1. The molecule has 0 aliphatic carbocycles. The van der Waals surface area contributed by atoms with Crippen LogP contribution < -0.4 is 5.32 Å². The normalized spacial score (nSPS) is 10.7. The zero-order valence-corrected chi connectivity index (χ0v) is 12.0. The van der Waals surface area contributed by atoms with Crippen LogP contribution in [0, 0.1) is 11.3 Å². The van der Waals surface area contributed by atoms with Crippen LogP contribution in [0.5, 0.6) is 0 Å². The molecular formula is C14H17ClN2O2. The summed E-state index contributed by atoms with van der Waals surface area (Å²) in [6, 6.07) is 6.97. The molecule has 0 spiro atoms. The van der Waals surface area contributed by atoms with Gasteiger partial charge < -0.3 is 10.1 Å². The third-order valence-corrected chi connectivity index (χ3v) is 2.49. The zero-order valence-electron chi connectivity index (χ0n) is 11.3. The Hall–Kier alpha value is -1.73. The van der Waals surface area contributed by atoms with Crippen molar-refractivity contribution in [2.75, 3.05) is 11.9 Å². The van der Waals surface area contributed by atoms with Crippen molar-refractivity contribution in [3.63, 3.8) is 0 Å². The van der Waals surface area contributed by atoms with Crippen LogP contribution in [-0.4, -0.2) is 18.1 Å². The van der Waals surface area contributed by atoms with E-state index in [1.165, 1.54) is 0 Å². The molecule has 1 N–H and O–H groups in total. The van der Waals surface area contributed by atoms with Gasteiger partial charge in [-0.3, -0.25) is 4.79 Å². The van der Waals surface area contributed by atoms with Gasteiger partial charge in [0.15, 0.2) is 0 Å². The summed E-state index contributed by atoms with van der Waals surface area (Å²) in [5.74, 6) is -0.271. The number of hydrogen-bond donors (Lipinski definition) is 1. The lowest BCUT2D eigenvalue weighted by molar-refractivity contribution is -0.154. The standard InChI is InChI=1S/C14H17ClN2O2/c1-14(2,3)19-13(18)6-7-17-12-8-10(9-16)4-5-11(12)15/h4-5,8,17H,6-7H2,1-3H3. The number of nitrogens with one attached hydrogen (secondary N) is 1. The van der Waals surface area contributed by atoms with Crippen molar-refractivity contribution in [2.45, 2.75) is 32.8 Å². The number of rotatable bonds is 4. The summed E-state index contributed by atoms with van der Waals surface area (Å²) in [7, 11) is 0. The van der Waals surface area contributed by atoms with Gasteiger partial charge in [-0.2, -0.15) is 5.26 Å². The van der Waals surface area contributed by atoms with Gasteiger partial charge in [0.2, 0.25) is 0 Å². The number of nitriles is 1. The fourth-order valence-corrected chi connectivity index (χ4v) is 1.61. The molecule has 0 bridgehead atoms. The first-order valence-corrected chi connectivity index (χ1v) is 6.35. The van der Waals surface area contributed by atoms with E-state index in [-0.39, 0.29) is 12.4 Å². The number of esters is 1. The summed E-state index contributed by atoms with van der Waals surface area (Å²) in [6.07, 6.45) is 0.240. The number of halogens is 1. The molecule has 0 aliphatic heterocycles. The number of ether oxygens (including phenoxy) is 1. The first-order chi connectivity index (χ1) is 8.81. The quantitative estimate of drug-likeness (QED) is 0.859. The van der Waals surface area contributed by atoms with E-state index in [9.17, 15) is 4.79 Å². The number of carbonyl (C=O) groups excluding carboxylic acids is 1. The number of benzene rings is 1. The zero-order chi connectivity index (χ0) is 14.5. The first-order valence-electron chi connectivity index (χ1n) is 5.97. The first kappa shape index (κ1) is 15.3. The third kappa shape index (κ3) is 5.62. The third-order valence-electron chi connectivity index (χ3n) is 2.16. The fourth-order valence-electron chi connectivity index (χ4n) is 1.42. The van der Waals surface area contributed by atoms with E-state index in [1.807, 2.05) is 26.8 Å². The van der Waals surface area contributed by atoms with Gasteiger partial charge in [-0.1, -0.05) is 11.6 Å². The highest BCUT2D eigenvalue weighted by Crippen LogP contribution is 2.22. The van der Waals surface area contributed by atoms with Crippen LogP contribution in [-0.2, 0) is 9.53 Å². The summed E-state index contributed by atoms with van der Waals surface area (Å²) in [5.41, 5.74) is 0.684. The number of hydrogen-bond acceptors (Lipinski definition) is 4. The van der Waals surface area contributed by atoms with Crippen molar-refractivity contribution in [2.24, 2.45) is 0 Å². The minimum Gasteiger partial charge on any atom is -0.460 e. The number of nitrogens with zero attached hydrogens (tertiary/aromatic N) is 1. The van der Waals surface area contributed by atoms with Gasteiger partial charge in [0.05, 0.1) is 28.8 Å². The van der Waals surface area contributed by atoms with Crippen LogP contribution in [0.4, 0.5) is 5.69 Å². The average molecular weight is 281 g/mol. The molecule has 4 nitrogen and oxygen atoms in total. The van der Waals surface area contributed by atoms with E-state index >= 15 is 0 Å². The highest BCUT2D eigenvalue weighted by molar-refractivity contribution is 6.33. The highest BCUT2D eigenvalue weighted by atomic mass is 35.5. The molecule has 0 saturated heterocycles. The Morgan fingerprint density at radius 1 is 1.47 bits per heavy atom. The second kappa shape index (κ2) is 6.44. The predicted molar refractivity (Wildman–Crippen MR) is 75.1 cm³/mol. The largest absolute Gasteiger partial charge is 0.460 e. The summed E-state index contributed by atoms with van der Waals surface area (Å²) < 4.78 is 5.19. The molecule has 0 heterocycles. The lowest BCUT2D eigenvalue weighted by Crippen LogP contribution is -2.25. The minimum atomic E-state index is -0.477. The van der Waals surface area contributed by atoms with Crippen molar-refractivity contribution in [3.05, 3.63) is 28.8 Å². The smallest absolute Gasteiger partial charge is 0.308 e. The van der Waals surface area contributed by atoms with Crippen LogP contribution in [0.15, 0.2) is 18.2 Å². The molecular weight excluding hydrogens is 264 g/mol. The van der Waals surface area contributed by atoms with Crippen LogP contribution in [0.3, 0.4) is 0 Å². The summed E-state index contributed by atoms with van der Waals surface area (Å²) in [5, 5.41) is 12.3. The monoisotopic (exact) mass is 280 g/mol. The van der Waals surface area contributed by atoms with Crippen LogP contribution >= 0.6 is 11.6 Å². The lowest BCUT2D eigenvalue weighted by atomic mass is 10.2. The molecule has 19 heavy (non-hydrogen) atoms. The molecule has 102 valence electrons. The molecule has 0 saturated carbocycles. The average Bonchev–Trinajstić information content (AvgIpc) is 2.29. The molecule has 0 amide bonds. The molecule has 0 fully saturated rings. The molecule has 0 radical (unpaired) electrons. The van der Waals surface area contributed by atoms with E-state index in [1.54, 1.807) is 18.2 Å². The van der Waals surface area contributed by atoms with Crippen molar-refractivity contribution in [3.8, 4) is 6.07 Å². The number of carbonyl (C=O) groups is 1. The molecule has 1 rings (SSSR count). The van der Waals surface area contributed by atoms with E-state index in [4.69, 9.17) is 21.6 Å². The topological polar surface area (TPSA) is 62.1 Å². The van der Waals surface area contributed by atoms with Crippen molar-refractivity contribution in [1.82, 2.24) is 0 Å². The van der Waals surface area contributed by atoms with Gasteiger partial charge in [-0.05, 0) is 39.0 Å². The Labute approximate surface area is 118 Å². The molecule has 5 heteroatoms. The fraction of sp³-hybridized carbons (Fsp3) is 0.429. The summed E-state index contributed by atoms with van der Waals surface area (Å²) in [4.78, 5) is 11.5. The molecule has 0 aliphatic rings. The molecule has 0 aromatic heterocycles. The van der Waals surface area contributed by atoms with E-state index in [2.05, 4.69) is 5.32 Å². The maximum Gasteiger partial charge on any atom is 0.308 e. The maximum atomic E-state index is 11.5. The molecule has 1 aromatic carbocycles. The Morgan fingerprint density at radius 2 is 2.16 bits per heavy atom. The van der Waals surface area contributed by atoms with Crippen molar-refractivity contribution < 1.29 is 9.53 Å². The van der Waals surface area contributed by atoms with Gasteiger partial charge in [-0.25, -0.2) is 0 Å². The SMILES string of the molecule is CC(C)(C)OC(=O)CCNc1cc(C#N)ccc1Cl. The van der Waals surface area contributed by atoms with Crippen LogP contribution in [0.2, 0.25) is 5.02 Å². The predicted octanol–water partition coefficient (Wildman–Crippen LogP) is 3.36. The molecule has 0 unspecified atom stereocenters. The summed E-state index contributed by atoms with van der Waals surface area (Å²) >= 11 is 5.99. The van der Waals surface area contributed by atoms with Gasteiger partial charge in [-0.15, -0.1) is 0 Å². The van der Waals surface area contributed by atoms with Crippen molar-refractivity contribution in [1.29, 1.82) is 5.26 Å². The van der Waals surface area contributed by atoms with Crippen LogP contribution in [0.1, 0.15) is 32.8 Å². The Morgan fingerprint density at radius 3 is 2.74 bits per heavy atom. The van der Waals surface area contributed by atoms with Gasteiger partial charge in [0, 0.05) is 6.54 Å². The van der Waals surface area contributed by atoms with Gasteiger partial charge in [0.25, 0.3) is 0 Å². The molecule has 1 aromatic rings. The van der Waals surface area contributed by atoms with Crippen molar-refractivity contribution >= 4 is 23.3 Å². The second-order valence-corrected chi connectivity index (χ2v) is 5.48. The van der Waals surface area contributed by atoms with Gasteiger partial charge >= 0.3 is 5.97 Å². The highest BCUT2D eigenvalue weighted by Gasteiger charge is 2.15. The Bertz CT molecular complexity index is 501. The lowest BCUT2D eigenvalue weighted by Gasteiger charge is -2.19. The Kier molecular flexibility index (Phi) is 5.20. The summed E-state index contributed by atoms with van der Waals surface area (Å²) in [6.45, 7) is 5.88. The van der Waals surface area contributed by atoms with Gasteiger partial charge in [0.1, 0.15) is 5.60 Å². The Balaban J connectivity index is 2.50. The second-order valence-electron chi connectivity index (χ2n) is 5.07. The van der Waals surface area contributed by atoms with Crippen LogP contribution in [0.25, 0.3) is 0 Å². The minimum absolute atomic E-state index is 0.240.